The van der Waals surface area contributed by atoms with Crippen LogP contribution in [0.1, 0.15) is 31.2 Å². The zero-order valence-electron chi connectivity index (χ0n) is 14.5. The Morgan fingerprint density at radius 2 is 1.93 bits per heavy atom. The molecule has 144 valence electrons. The van der Waals surface area contributed by atoms with E-state index in [1.807, 2.05) is 6.07 Å². The SMILES string of the molecule is O=C(NCC1Cc2c(sc(Nn3c(=O)c3=O)c2C(=O)O)CN1)c1ccccc1. The molecule has 0 aliphatic carbocycles. The van der Waals surface area contributed by atoms with E-state index in [9.17, 15) is 24.3 Å². The Morgan fingerprint density at radius 3 is 2.57 bits per heavy atom. The minimum Gasteiger partial charge on any atom is -0.478 e. The van der Waals surface area contributed by atoms with Crippen LogP contribution in [0, 0.1) is 0 Å². The molecule has 1 aliphatic heterocycles. The van der Waals surface area contributed by atoms with Gasteiger partial charge in [-0.05, 0) is 24.1 Å². The molecule has 0 fully saturated rings. The average molecular weight is 400 g/mol. The molecule has 4 rings (SSSR count). The number of fused-ring (bicyclic) bond motifs is 1. The van der Waals surface area contributed by atoms with E-state index in [4.69, 9.17) is 0 Å². The molecule has 0 radical (unpaired) electrons. The smallest absolute Gasteiger partial charge is 0.340 e. The summed E-state index contributed by atoms with van der Waals surface area (Å²) in [5.41, 5.74) is 2.47. The second-order valence-corrected chi connectivity index (χ2v) is 7.53. The number of nitrogens with zero attached hydrogens (tertiary/aromatic N) is 1. The number of hydrogen-bond acceptors (Lipinski definition) is 7. The number of nitrogens with one attached hydrogen (secondary N) is 3. The average Bonchev–Trinajstić information content (AvgIpc) is 3.10. The maximum Gasteiger partial charge on any atom is 0.340 e. The van der Waals surface area contributed by atoms with Crippen LogP contribution in [0.5, 0.6) is 0 Å². The summed E-state index contributed by atoms with van der Waals surface area (Å²) in [5, 5.41) is 16.0. The van der Waals surface area contributed by atoms with E-state index in [-0.39, 0.29) is 22.5 Å². The third-order valence-corrected chi connectivity index (χ3v) is 5.74. The van der Waals surface area contributed by atoms with Gasteiger partial charge in [0.25, 0.3) is 5.91 Å². The zero-order valence-corrected chi connectivity index (χ0v) is 15.3. The van der Waals surface area contributed by atoms with Crippen molar-refractivity contribution in [1.29, 1.82) is 0 Å². The molecule has 28 heavy (non-hydrogen) atoms. The molecule has 1 atom stereocenters. The van der Waals surface area contributed by atoms with E-state index < -0.39 is 17.1 Å². The van der Waals surface area contributed by atoms with Gasteiger partial charge in [-0.3, -0.25) is 19.8 Å². The van der Waals surface area contributed by atoms with E-state index in [1.54, 1.807) is 24.3 Å². The summed E-state index contributed by atoms with van der Waals surface area (Å²) >= 11 is 1.20. The van der Waals surface area contributed by atoms with E-state index >= 15 is 0 Å². The van der Waals surface area contributed by atoms with Gasteiger partial charge >= 0.3 is 17.1 Å². The number of aromatic carboxylic acids is 1. The highest BCUT2D eigenvalue weighted by Crippen LogP contribution is 2.36. The lowest BCUT2D eigenvalue weighted by Crippen LogP contribution is -2.44. The van der Waals surface area contributed by atoms with Crippen molar-refractivity contribution >= 4 is 28.2 Å². The van der Waals surface area contributed by atoms with Gasteiger partial charge in [0.1, 0.15) is 5.00 Å². The molecule has 10 heteroatoms. The lowest BCUT2D eigenvalue weighted by molar-refractivity contribution is 0.0696. The van der Waals surface area contributed by atoms with Crippen molar-refractivity contribution in [2.24, 2.45) is 0 Å². The molecule has 0 saturated carbocycles. The lowest BCUT2D eigenvalue weighted by atomic mass is 9.98. The number of carboxylic acid groups (broad SMARTS) is 1. The first kappa shape index (κ1) is 18.1. The molecule has 9 nitrogen and oxygen atoms in total. The highest BCUT2D eigenvalue weighted by Gasteiger charge is 2.30. The normalized spacial score (nSPS) is 15.9. The third-order valence-electron chi connectivity index (χ3n) is 4.60. The molecule has 0 saturated heterocycles. The van der Waals surface area contributed by atoms with E-state index in [1.165, 1.54) is 11.3 Å². The Hall–Kier alpha value is -3.24. The second-order valence-electron chi connectivity index (χ2n) is 6.43. The van der Waals surface area contributed by atoms with Crippen LogP contribution in [-0.2, 0) is 13.0 Å². The minimum absolute atomic E-state index is 0.0633. The standard InChI is InChI=1S/C18H16N4O5S/c23-14(9-4-2-1-3-5-9)20-7-10-6-11-12(8-19-10)28-15(13(11)18(26)27)21-22-16(24)17(22)25/h1-5,10,19,21H,6-8H2,(H,20,23)(H,26,27). The van der Waals surface area contributed by atoms with Gasteiger partial charge in [0.2, 0.25) is 0 Å². The molecule has 3 aromatic rings. The largest absolute Gasteiger partial charge is 0.478 e. The summed E-state index contributed by atoms with van der Waals surface area (Å²) < 4.78 is 0.786. The predicted molar refractivity (Wildman–Crippen MR) is 103 cm³/mol. The van der Waals surface area contributed by atoms with Crippen molar-refractivity contribution < 1.29 is 14.7 Å². The lowest BCUT2D eigenvalue weighted by Gasteiger charge is -2.24. The second kappa shape index (κ2) is 7.06. The molecular formula is C18H16N4O5S. The van der Waals surface area contributed by atoms with Crippen molar-refractivity contribution in [3.05, 3.63) is 72.6 Å². The van der Waals surface area contributed by atoms with Crippen LogP contribution in [0.4, 0.5) is 5.00 Å². The quantitative estimate of drug-likeness (QED) is 0.434. The van der Waals surface area contributed by atoms with E-state index in [0.717, 1.165) is 9.55 Å². The molecule has 1 unspecified atom stereocenters. The van der Waals surface area contributed by atoms with Gasteiger partial charge in [0, 0.05) is 29.6 Å². The molecule has 1 aliphatic rings. The summed E-state index contributed by atoms with van der Waals surface area (Å²) in [6, 6.07) is 8.70. The predicted octanol–water partition coefficient (Wildman–Crippen LogP) is 0.163. The number of aromatic nitrogens is 1. The van der Waals surface area contributed by atoms with Gasteiger partial charge in [-0.15, -0.1) is 11.3 Å². The van der Waals surface area contributed by atoms with Gasteiger partial charge in [-0.1, -0.05) is 18.2 Å². The van der Waals surface area contributed by atoms with Crippen molar-refractivity contribution in [3.63, 3.8) is 0 Å². The molecule has 2 aromatic heterocycles. The summed E-state index contributed by atoms with van der Waals surface area (Å²) in [7, 11) is 0. The number of carbonyl (C=O) groups excluding carboxylic acids is 1. The van der Waals surface area contributed by atoms with Gasteiger partial charge in [-0.25, -0.2) is 4.79 Å². The molecule has 1 aromatic carbocycles. The number of carbonyl (C=O) groups is 2. The molecular weight excluding hydrogens is 384 g/mol. The monoisotopic (exact) mass is 400 g/mol. The molecule has 0 bridgehead atoms. The first-order chi connectivity index (χ1) is 13.5. The van der Waals surface area contributed by atoms with Crippen LogP contribution in [0.3, 0.4) is 0 Å². The maximum absolute atomic E-state index is 12.2. The summed E-state index contributed by atoms with van der Waals surface area (Å²) in [5.74, 6) is -1.33. The van der Waals surface area contributed by atoms with Crippen LogP contribution in [-0.4, -0.2) is 34.2 Å². The number of anilines is 1. The van der Waals surface area contributed by atoms with E-state index in [2.05, 4.69) is 16.1 Å². The molecule has 0 spiro atoms. The van der Waals surface area contributed by atoms with Crippen LogP contribution in [0.2, 0.25) is 0 Å². The first-order valence-electron chi connectivity index (χ1n) is 8.55. The fourth-order valence-electron chi connectivity index (χ4n) is 3.12. The summed E-state index contributed by atoms with van der Waals surface area (Å²) in [6.07, 6.45) is 0.409. The van der Waals surface area contributed by atoms with Crippen molar-refractivity contribution in [1.82, 2.24) is 15.3 Å². The first-order valence-corrected chi connectivity index (χ1v) is 9.37. The van der Waals surface area contributed by atoms with Crippen molar-refractivity contribution in [2.75, 3.05) is 12.0 Å². The highest BCUT2D eigenvalue weighted by molar-refractivity contribution is 7.16. The maximum atomic E-state index is 12.2. The Labute approximate surface area is 162 Å². The number of hydrogen-bond donors (Lipinski definition) is 4. The number of benzene rings is 1. The van der Waals surface area contributed by atoms with Crippen LogP contribution < -0.4 is 27.2 Å². The Morgan fingerprint density at radius 1 is 1.21 bits per heavy atom. The number of amides is 1. The fourth-order valence-corrected chi connectivity index (χ4v) is 4.28. The molecule has 3 heterocycles. The van der Waals surface area contributed by atoms with Crippen molar-refractivity contribution in [2.45, 2.75) is 19.0 Å². The van der Waals surface area contributed by atoms with Gasteiger partial charge < -0.3 is 15.7 Å². The minimum atomic E-state index is -1.13. The van der Waals surface area contributed by atoms with Crippen molar-refractivity contribution in [3.8, 4) is 0 Å². The summed E-state index contributed by atoms with van der Waals surface area (Å²) in [4.78, 5) is 47.1. The van der Waals surface area contributed by atoms with Crippen LogP contribution in [0.25, 0.3) is 0 Å². The topological polar surface area (TPSA) is 130 Å². The molecule has 1 amide bonds. The Kier molecular flexibility index (Phi) is 4.57. The Bertz CT molecular complexity index is 1100. The van der Waals surface area contributed by atoms with Gasteiger partial charge in [0.05, 0.1) is 5.56 Å². The zero-order chi connectivity index (χ0) is 19.8. The summed E-state index contributed by atoms with van der Waals surface area (Å²) in [6.45, 7) is 0.781. The fraction of sp³-hybridized carbons (Fsp3) is 0.222. The highest BCUT2D eigenvalue weighted by atomic mass is 32.1. The van der Waals surface area contributed by atoms with Crippen LogP contribution in [0.15, 0.2) is 39.9 Å². The number of thiophene rings is 1. The number of carboxylic acids is 1. The van der Waals surface area contributed by atoms with Gasteiger partial charge in [0.15, 0.2) is 0 Å². The van der Waals surface area contributed by atoms with Crippen LogP contribution >= 0.6 is 11.3 Å². The number of rotatable bonds is 6. The third kappa shape index (κ3) is 3.35. The van der Waals surface area contributed by atoms with E-state index in [0.29, 0.717) is 30.6 Å². The van der Waals surface area contributed by atoms with Gasteiger partial charge in [-0.2, -0.15) is 4.68 Å². The molecule has 4 N–H and O–H groups in total. The Balaban J connectivity index is 1.48.